The molecule has 13 aromatic carbocycles. The van der Waals surface area contributed by atoms with Gasteiger partial charge < -0.3 is 0 Å². The first kappa shape index (κ1) is 67.1. The van der Waals surface area contributed by atoms with Crippen LogP contribution in [0.1, 0.15) is 24.3 Å². The van der Waals surface area contributed by atoms with Gasteiger partial charge >= 0.3 is 0 Å². The molecular formula is C80H64S18. The zero-order valence-electron chi connectivity index (χ0n) is 53.9. The van der Waals surface area contributed by atoms with Crippen molar-refractivity contribution in [2.24, 2.45) is 0 Å². The molecule has 0 nitrogen and oxygen atoms in total. The largest absolute Gasteiger partial charge is 0.128 e. The smallest absolute Gasteiger partial charge is 0.0264 e. The van der Waals surface area contributed by atoms with Gasteiger partial charge in [0, 0.05) is 162 Å². The molecule has 0 aromatic heterocycles. The monoisotopic (exact) mass is 1600 g/mol. The van der Waals surface area contributed by atoms with E-state index in [4.69, 9.17) is 0 Å². The highest BCUT2D eigenvalue weighted by Gasteiger charge is 2.27. The van der Waals surface area contributed by atoms with Gasteiger partial charge in [0.1, 0.15) is 0 Å². The van der Waals surface area contributed by atoms with Gasteiger partial charge in [0.05, 0.1) is 0 Å². The molecule has 0 spiro atoms. The Kier molecular flexibility index (Phi) is 19.9. The number of fused-ring (bicyclic) bond motifs is 24. The second-order valence-electron chi connectivity index (χ2n) is 25.0. The first-order chi connectivity index (χ1) is 48.4. The maximum absolute atomic E-state index is 2.60. The molecule has 0 aliphatic carbocycles. The molecule has 0 N–H and O–H groups in total. The average molecular weight is 1600 g/mol. The van der Waals surface area contributed by atoms with Crippen LogP contribution in [0.5, 0.6) is 0 Å². The Morgan fingerprint density at radius 1 is 0.245 bits per heavy atom. The molecule has 0 fully saturated rings. The molecule has 13 aromatic rings. The van der Waals surface area contributed by atoms with Gasteiger partial charge in [-0.3, -0.25) is 0 Å². The number of rotatable bonds is 14. The van der Waals surface area contributed by atoms with Crippen molar-refractivity contribution in [3.05, 3.63) is 139 Å². The number of hydrogen-bond acceptors (Lipinski definition) is 18. The summed E-state index contributed by atoms with van der Waals surface area (Å²) in [5.41, 5.74) is 1.46. The van der Waals surface area contributed by atoms with E-state index in [1.165, 1.54) is 265 Å². The van der Waals surface area contributed by atoms with Gasteiger partial charge in [-0.25, -0.2) is 0 Å². The minimum Gasteiger partial charge on any atom is -0.128 e. The van der Waals surface area contributed by atoms with Crippen LogP contribution in [0.4, 0.5) is 0 Å². The highest BCUT2D eigenvalue weighted by Crippen LogP contribution is 2.54. The third-order valence-electron chi connectivity index (χ3n) is 19.6. The Bertz CT molecular complexity index is 5160. The van der Waals surface area contributed by atoms with E-state index < -0.39 is 0 Å². The molecule has 98 heavy (non-hydrogen) atoms. The van der Waals surface area contributed by atoms with Crippen LogP contribution in [0.2, 0.25) is 0 Å². The first-order valence-corrected chi connectivity index (χ1v) is 51.5. The summed E-state index contributed by atoms with van der Waals surface area (Å²) < 4.78 is 0. The highest BCUT2D eigenvalue weighted by molar-refractivity contribution is 8.08. The normalized spacial score (nSPS) is 16.2. The molecule has 18 heteroatoms. The van der Waals surface area contributed by atoms with Crippen LogP contribution in [-0.4, -0.2) is 99.3 Å². The van der Waals surface area contributed by atoms with Crippen molar-refractivity contribution in [2.45, 2.75) is 112 Å². The molecule has 0 saturated carbocycles. The highest BCUT2D eigenvalue weighted by atomic mass is 32.2. The second-order valence-corrected chi connectivity index (χ2v) is 44.6. The Balaban J connectivity index is 0.680. The van der Waals surface area contributed by atoms with Gasteiger partial charge in [-0.1, -0.05) is 23.9 Å². The fourth-order valence-electron chi connectivity index (χ4n) is 15.0. The lowest BCUT2D eigenvalue weighted by atomic mass is 9.94. The topological polar surface area (TPSA) is 0 Å². The molecule has 6 aliphatic heterocycles. The maximum Gasteiger partial charge on any atom is 0.0264 e. The Hall–Kier alpha value is -1.50. The van der Waals surface area contributed by atoms with E-state index >= 15 is 0 Å². The summed E-state index contributed by atoms with van der Waals surface area (Å²) in [5, 5.41) is 25.3. The van der Waals surface area contributed by atoms with Gasteiger partial charge in [-0.05, 0) is 273 Å². The molecule has 0 bridgehead atoms. The fourth-order valence-corrected chi connectivity index (χ4v) is 34.3. The Morgan fingerprint density at radius 2 is 0.439 bits per heavy atom. The van der Waals surface area contributed by atoms with E-state index in [2.05, 4.69) is 176 Å². The van der Waals surface area contributed by atoms with Crippen LogP contribution in [0.25, 0.3) is 97.0 Å². The Labute approximate surface area is 650 Å². The van der Waals surface area contributed by atoms with E-state index in [-0.39, 0.29) is 0 Å². The predicted octanol–water partition coefficient (Wildman–Crippen LogP) is 29.0. The molecule has 492 valence electrons. The van der Waals surface area contributed by atoms with Crippen LogP contribution in [0, 0.1) is 0 Å². The number of thioether (sulfide) groups is 17. The molecule has 0 atom stereocenters. The van der Waals surface area contributed by atoms with Gasteiger partial charge in [0.15, 0.2) is 0 Å². The zero-order valence-corrected chi connectivity index (χ0v) is 68.6. The van der Waals surface area contributed by atoms with E-state index in [0.29, 0.717) is 5.92 Å². The van der Waals surface area contributed by atoms with Crippen molar-refractivity contribution < 1.29 is 0 Å². The third kappa shape index (κ3) is 12.6. The van der Waals surface area contributed by atoms with E-state index in [1.54, 1.807) is 0 Å². The second kappa shape index (κ2) is 29.0. The molecule has 0 radical (unpaired) electrons. The quantitative estimate of drug-likeness (QED) is 0.0749. The molecule has 6 aliphatic rings. The molecule has 19 rings (SSSR count). The third-order valence-corrected chi connectivity index (χ3v) is 40.6. The predicted molar refractivity (Wildman–Crippen MR) is 465 cm³/mol. The van der Waals surface area contributed by atoms with Crippen LogP contribution >= 0.6 is 212 Å². The lowest BCUT2D eigenvalue weighted by molar-refractivity contribution is 0.652. The molecule has 0 amide bonds. The first-order valence-electron chi connectivity index (χ1n) is 33.2. The summed E-state index contributed by atoms with van der Waals surface area (Å²) in [6.45, 7) is 0. The van der Waals surface area contributed by atoms with Crippen molar-refractivity contribution in [1.29, 1.82) is 0 Å². The molecule has 0 unspecified atom stereocenters. The lowest BCUT2D eigenvalue weighted by Gasteiger charge is -2.22. The average Bonchev–Trinajstić information content (AvgIpc) is 0.737. The maximum atomic E-state index is 2.60. The summed E-state index contributed by atoms with van der Waals surface area (Å²) in [6.07, 6.45) is 9.06. The summed E-state index contributed by atoms with van der Waals surface area (Å²) in [7, 11) is 0. The minimum atomic E-state index is 0.386. The van der Waals surface area contributed by atoms with E-state index in [1.807, 2.05) is 188 Å². The molecule has 6 heterocycles. The van der Waals surface area contributed by atoms with Crippen molar-refractivity contribution >= 4 is 309 Å². The van der Waals surface area contributed by atoms with Crippen molar-refractivity contribution in [3.8, 4) is 0 Å². The Morgan fingerprint density at radius 3 is 0.663 bits per heavy atom. The van der Waals surface area contributed by atoms with Gasteiger partial charge in [0.25, 0.3) is 0 Å². The number of hydrogen-bond donors (Lipinski definition) is 0. The van der Waals surface area contributed by atoms with Crippen LogP contribution in [-0.2, 0) is 0 Å². The van der Waals surface area contributed by atoms with E-state index in [9.17, 15) is 0 Å². The van der Waals surface area contributed by atoms with Crippen molar-refractivity contribution in [1.82, 2.24) is 0 Å². The summed E-state index contributed by atoms with van der Waals surface area (Å²) in [6, 6.07) is 55.9. The standard InChI is InChI=1S/C80H64S18/c1-81-63-24-45-48(53-32-71-76(94-20-18-89-71)37-58(53)55-34-73-68(29-50(45)55)86-12-15-91-73)27-66(63)84-10-8-43(9-11-85-67-28-49-46(25-64(67)82-2)51-30-69-74(92-16-13-87-69)35-56(51)59-38-77-72(33-54(49)59)90-19-21-95-77)42-4-6-44(7-5-42)98-80-41-62-47(26-65(80)83-3)52-31-70-75(93-17-14-88-70)36-57(52)60-39-78-79(40-61(60)62)97-23-22-96-78/h4-7,24-41,43H,8-23H2,1-3H3. The van der Waals surface area contributed by atoms with E-state index in [0.717, 1.165) is 24.3 Å². The van der Waals surface area contributed by atoms with Gasteiger partial charge in [-0.2, -0.15) is 0 Å². The molecular weight excluding hydrogens is 1540 g/mol. The fraction of sp³-hybridized carbons (Fsp3) is 0.250. The minimum absolute atomic E-state index is 0.386. The summed E-state index contributed by atoms with van der Waals surface area (Å²) in [5.74, 6) is 16.6. The van der Waals surface area contributed by atoms with Gasteiger partial charge in [0.2, 0.25) is 0 Å². The van der Waals surface area contributed by atoms with Crippen LogP contribution < -0.4 is 0 Å². The number of benzene rings is 13. The van der Waals surface area contributed by atoms with Crippen molar-refractivity contribution in [2.75, 3.05) is 99.3 Å². The van der Waals surface area contributed by atoms with Crippen molar-refractivity contribution in [3.63, 3.8) is 0 Å². The lowest BCUT2D eigenvalue weighted by Crippen LogP contribution is -2.03. The summed E-state index contributed by atoms with van der Waals surface area (Å²) >= 11 is 36.4. The SMILES string of the molecule is CSc1cc2c(cc1SCCC(CCSc1cc3c(cc1SC)c1cc4c(cc1c1cc5c(cc31)SCCS5)SCCS4)c1ccc(Sc3cc4c(cc3SC)c3cc5c(cc3c3cc6c(cc34)SCCS6)SCCS5)cc1)c1cc3c(cc1c1cc4c(cc21)SCCS4)SCCS3. The zero-order chi connectivity index (χ0) is 65.1. The van der Waals surface area contributed by atoms with Crippen LogP contribution in [0.3, 0.4) is 0 Å². The van der Waals surface area contributed by atoms with Crippen LogP contribution in [0.15, 0.2) is 226 Å². The van der Waals surface area contributed by atoms with Gasteiger partial charge in [-0.15, -0.1) is 200 Å². The molecule has 0 saturated heterocycles. The summed E-state index contributed by atoms with van der Waals surface area (Å²) in [4.78, 5) is 27.0.